The van der Waals surface area contributed by atoms with E-state index in [2.05, 4.69) is 34.8 Å². The number of rotatable bonds is 7. The Kier molecular flexibility index (Phi) is 9.99. The number of halogens is 1. The van der Waals surface area contributed by atoms with Crippen LogP contribution in [-0.2, 0) is 4.79 Å². The van der Waals surface area contributed by atoms with Gasteiger partial charge in [0.15, 0.2) is 5.96 Å². The van der Waals surface area contributed by atoms with Crippen molar-refractivity contribution in [2.75, 3.05) is 20.1 Å². The van der Waals surface area contributed by atoms with Crippen LogP contribution < -0.4 is 16.0 Å². The molecule has 5 nitrogen and oxygen atoms in total. The molecule has 1 rings (SSSR count). The van der Waals surface area contributed by atoms with Crippen molar-refractivity contribution in [3.8, 4) is 0 Å². The molecule has 3 N–H and O–H groups in total. The molecule has 0 saturated heterocycles. The molecule has 19 heavy (non-hydrogen) atoms. The third-order valence-corrected chi connectivity index (χ3v) is 2.72. The Morgan fingerprint density at radius 2 is 2.00 bits per heavy atom. The molecule has 0 aromatic rings. The van der Waals surface area contributed by atoms with Gasteiger partial charge in [-0.25, -0.2) is 0 Å². The highest BCUT2D eigenvalue weighted by Crippen LogP contribution is 2.18. The minimum absolute atomic E-state index is 0. The number of carbonyl (C=O) groups excluding carboxylic acids is 1. The van der Waals surface area contributed by atoms with Crippen LogP contribution in [0.15, 0.2) is 4.99 Å². The lowest BCUT2D eigenvalue weighted by molar-refractivity contribution is -0.121. The molecule has 0 heterocycles. The molecule has 0 bridgehead atoms. The molecular weight excluding hydrogens is 355 g/mol. The Balaban J connectivity index is 0.00000324. The van der Waals surface area contributed by atoms with E-state index >= 15 is 0 Å². The van der Waals surface area contributed by atoms with Gasteiger partial charge in [-0.3, -0.25) is 9.79 Å². The van der Waals surface area contributed by atoms with Crippen molar-refractivity contribution in [1.82, 2.24) is 16.0 Å². The van der Waals surface area contributed by atoms with Gasteiger partial charge in [0, 0.05) is 32.6 Å². The van der Waals surface area contributed by atoms with Crippen LogP contribution in [0.2, 0.25) is 0 Å². The maximum atomic E-state index is 11.4. The van der Waals surface area contributed by atoms with E-state index in [9.17, 15) is 4.79 Å². The highest BCUT2D eigenvalue weighted by molar-refractivity contribution is 14.0. The van der Waals surface area contributed by atoms with Gasteiger partial charge in [0.25, 0.3) is 0 Å². The lowest BCUT2D eigenvalue weighted by atomic mass is 10.2. The fourth-order valence-electron chi connectivity index (χ4n) is 1.50. The third-order valence-electron chi connectivity index (χ3n) is 2.72. The fourth-order valence-corrected chi connectivity index (χ4v) is 1.50. The lowest BCUT2D eigenvalue weighted by Gasteiger charge is -2.13. The molecule has 0 aromatic carbocycles. The van der Waals surface area contributed by atoms with Crippen LogP contribution in [-0.4, -0.2) is 38.0 Å². The molecule has 0 aliphatic heterocycles. The van der Waals surface area contributed by atoms with Crippen LogP contribution in [0.5, 0.6) is 0 Å². The van der Waals surface area contributed by atoms with Crippen molar-refractivity contribution in [2.24, 2.45) is 10.9 Å². The number of guanidine groups is 1. The SMILES string of the molecule is CN=C(NCCCC(=O)NC1CC1)NCC(C)C.I. The van der Waals surface area contributed by atoms with Gasteiger partial charge in [-0.1, -0.05) is 13.8 Å². The minimum Gasteiger partial charge on any atom is -0.356 e. The average Bonchev–Trinajstić information content (AvgIpc) is 3.11. The summed E-state index contributed by atoms with van der Waals surface area (Å²) in [7, 11) is 1.76. The summed E-state index contributed by atoms with van der Waals surface area (Å²) in [6, 6.07) is 0.464. The normalized spacial score (nSPS) is 14.8. The fraction of sp³-hybridized carbons (Fsp3) is 0.846. The van der Waals surface area contributed by atoms with E-state index < -0.39 is 0 Å². The summed E-state index contributed by atoms with van der Waals surface area (Å²) < 4.78 is 0. The quantitative estimate of drug-likeness (QED) is 0.271. The Labute approximate surface area is 133 Å². The molecule has 1 aliphatic rings. The lowest BCUT2D eigenvalue weighted by Crippen LogP contribution is -2.39. The summed E-state index contributed by atoms with van der Waals surface area (Å²) in [5.74, 6) is 1.57. The van der Waals surface area contributed by atoms with Crippen LogP contribution in [0.4, 0.5) is 0 Å². The largest absolute Gasteiger partial charge is 0.356 e. The van der Waals surface area contributed by atoms with Gasteiger partial charge in [0.1, 0.15) is 0 Å². The van der Waals surface area contributed by atoms with E-state index in [1.807, 2.05) is 0 Å². The van der Waals surface area contributed by atoms with Gasteiger partial charge >= 0.3 is 0 Å². The zero-order valence-electron chi connectivity index (χ0n) is 12.2. The second-order valence-corrected chi connectivity index (χ2v) is 5.22. The first-order chi connectivity index (χ1) is 8.61. The van der Waals surface area contributed by atoms with E-state index in [0.717, 1.165) is 38.3 Å². The highest BCUT2D eigenvalue weighted by Gasteiger charge is 2.22. The second-order valence-electron chi connectivity index (χ2n) is 5.22. The van der Waals surface area contributed by atoms with E-state index in [0.29, 0.717) is 18.4 Å². The van der Waals surface area contributed by atoms with Crippen molar-refractivity contribution in [2.45, 2.75) is 45.6 Å². The number of nitrogens with zero attached hydrogens (tertiary/aromatic N) is 1. The van der Waals surface area contributed by atoms with Gasteiger partial charge in [0.05, 0.1) is 0 Å². The monoisotopic (exact) mass is 382 g/mol. The van der Waals surface area contributed by atoms with E-state index in [-0.39, 0.29) is 29.9 Å². The number of carbonyl (C=O) groups is 1. The number of hydrogen-bond acceptors (Lipinski definition) is 2. The molecular formula is C13H27IN4O. The molecule has 112 valence electrons. The first-order valence-electron chi connectivity index (χ1n) is 6.85. The summed E-state index contributed by atoms with van der Waals surface area (Å²) in [4.78, 5) is 15.6. The highest BCUT2D eigenvalue weighted by atomic mass is 127. The van der Waals surface area contributed by atoms with Gasteiger partial charge in [0.2, 0.25) is 5.91 Å². The number of amides is 1. The third kappa shape index (κ3) is 9.98. The maximum Gasteiger partial charge on any atom is 0.220 e. The Bertz CT molecular complexity index is 290. The van der Waals surface area contributed by atoms with Crippen LogP contribution in [0.1, 0.15) is 39.5 Å². The first-order valence-corrected chi connectivity index (χ1v) is 6.85. The van der Waals surface area contributed by atoms with Gasteiger partial charge < -0.3 is 16.0 Å². The van der Waals surface area contributed by atoms with Crippen LogP contribution in [0.3, 0.4) is 0 Å². The van der Waals surface area contributed by atoms with Crippen molar-refractivity contribution >= 4 is 35.8 Å². The smallest absolute Gasteiger partial charge is 0.220 e. The van der Waals surface area contributed by atoms with Crippen molar-refractivity contribution < 1.29 is 4.79 Å². The Morgan fingerprint density at radius 1 is 1.32 bits per heavy atom. The summed E-state index contributed by atoms with van der Waals surface area (Å²) in [5, 5.41) is 9.43. The zero-order valence-corrected chi connectivity index (χ0v) is 14.5. The van der Waals surface area contributed by atoms with E-state index in [4.69, 9.17) is 0 Å². The summed E-state index contributed by atoms with van der Waals surface area (Å²) in [6.07, 6.45) is 3.72. The van der Waals surface area contributed by atoms with E-state index in [1.165, 1.54) is 0 Å². The Morgan fingerprint density at radius 3 is 2.53 bits per heavy atom. The van der Waals surface area contributed by atoms with Gasteiger partial charge in [-0.2, -0.15) is 0 Å². The standard InChI is InChI=1S/C13H26N4O.HI/c1-10(2)9-16-13(14-3)15-8-4-5-12(18)17-11-6-7-11;/h10-11H,4-9H2,1-3H3,(H,17,18)(H2,14,15,16);1H. The molecule has 1 fully saturated rings. The predicted molar refractivity (Wildman–Crippen MR) is 90.0 cm³/mol. The molecule has 6 heteroatoms. The van der Waals surface area contributed by atoms with Gasteiger partial charge in [-0.15, -0.1) is 24.0 Å². The second kappa shape index (κ2) is 10.3. The van der Waals surface area contributed by atoms with Crippen molar-refractivity contribution in [3.63, 3.8) is 0 Å². The summed E-state index contributed by atoms with van der Waals surface area (Å²) in [5.41, 5.74) is 0. The first kappa shape index (κ1) is 18.5. The number of nitrogens with one attached hydrogen (secondary N) is 3. The minimum atomic E-state index is 0. The Hall–Kier alpha value is -0.530. The summed E-state index contributed by atoms with van der Waals surface area (Å²) in [6.45, 7) is 5.99. The number of hydrogen-bond donors (Lipinski definition) is 3. The van der Waals surface area contributed by atoms with E-state index in [1.54, 1.807) is 7.05 Å². The molecule has 1 aliphatic carbocycles. The van der Waals surface area contributed by atoms with Gasteiger partial charge in [-0.05, 0) is 25.2 Å². The van der Waals surface area contributed by atoms with Crippen LogP contribution >= 0.6 is 24.0 Å². The predicted octanol–water partition coefficient (Wildman–Crippen LogP) is 1.48. The molecule has 0 atom stereocenters. The van der Waals surface area contributed by atoms with Crippen molar-refractivity contribution in [1.29, 1.82) is 0 Å². The summed E-state index contributed by atoms with van der Waals surface area (Å²) >= 11 is 0. The number of aliphatic imine (C=N–C) groups is 1. The van der Waals surface area contributed by atoms with Crippen molar-refractivity contribution in [3.05, 3.63) is 0 Å². The molecule has 0 spiro atoms. The molecule has 0 aromatic heterocycles. The molecule has 1 saturated carbocycles. The van der Waals surface area contributed by atoms with Crippen LogP contribution in [0.25, 0.3) is 0 Å². The molecule has 0 radical (unpaired) electrons. The topological polar surface area (TPSA) is 65.5 Å². The molecule has 0 unspecified atom stereocenters. The maximum absolute atomic E-state index is 11.4. The molecule has 1 amide bonds. The van der Waals surface area contributed by atoms with Crippen LogP contribution in [0, 0.1) is 5.92 Å². The average molecular weight is 382 g/mol. The zero-order chi connectivity index (χ0) is 13.4.